The zero-order valence-corrected chi connectivity index (χ0v) is 13.5. The van der Waals surface area contributed by atoms with Crippen LogP contribution in [0.1, 0.15) is 18.0 Å². The second-order valence-electron chi connectivity index (χ2n) is 6.67. The number of likely N-dealkylation sites (tertiary alicyclic amines) is 1. The summed E-state index contributed by atoms with van der Waals surface area (Å²) in [6, 6.07) is 8.96. The van der Waals surface area contributed by atoms with Crippen LogP contribution in [-0.4, -0.2) is 62.5 Å². The van der Waals surface area contributed by atoms with Gasteiger partial charge in [-0.2, -0.15) is 0 Å². The van der Waals surface area contributed by atoms with Crippen molar-refractivity contribution in [3.05, 3.63) is 29.8 Å². The number of benzene rings is 1. The highest BCUT2D eigenvalue weighted by atomic mass is 16.2. The average Bonchev–Trinajstić information content (AvgIpc) is 2.89. The summed E-state index contributed by atoms with van der Waals surface area (Å²) in [6.45, 7) is 4.03. The SMILES string of the molecule is CN1CCN(c2ccc(C3CC(CN)CN3C)cc2)C(=O)C1. The molecule has 2 aliphatic heterocycles. The lowest BCUT2D eigenvalue weighted by atomic mass is 9.99. The molecule has 1 amide bonds. The predicted molar refractivity (Wildman–Crippen MR) is 88.8 cm³/mol. The molecule has 2 atom stereocenters. The molecule has 0 radical (unpaired) electrons. The van der Waals surface area contributed by atoms with Gasteiger partial charge in [-0.3, -0.25) is 14.6 Å². The highest BCUT2D eigenvalue weighted by molar-refractivity contribution is 5.95. The lowest BCUT2D eigenvalue weighted by Crippen LogP contribution is -2.48. The van der Waals surface area contributed by atoms with Crippen LogP contribution < -0.4 is 10.6 Å². The van der Waals surface area contributed by atoms with Crippen molar-refractivity contribution in [1.82, 2.24) is 9.80 Å². The molecule has 0 aliphatic carbocycles. The van der Waals surface area contributed by atoms with Crippen LogP contribution >= 0.6 is 0 Å². The molecule has 0 spiro atoms. The summed E-state index contributed by atoms with van der Waals surface area (Å²) in [4.78, 5) is 18.5. The highest BCUT2D eigenvalue weighted by Crippen LogP contribution is 2.34. The summed E-state index contributed by atoms with van der Waals surface area (Å²) in [5, 5.41) is 0. The van der Waals surface area contributed by atoms with Crippen molar-refractivity contribution in [3.8, 4) is 0 Å². The van der Waals surface area contributed by atoms with Gasteiger partial charge < -0.3 is 10.6 Å². The Morgan fingerprint density at radius 2 is 1.91 bits per heavy atom. The molecule has 0 saturated carbocycles. The number of likely N-dealkylation sites (N-methyl/N-ethyl adjacent to an activating group) is 1. The molecule has 2 N–H and O–H groups in total. The third-order valence-electron chi connectivity index (χ3n) is 4.97. The second-order valence-corrected chi connectivity index (χ2v) is 6.67. The molecule has 120 valence electrons. The van der Waals surface area contributed by atoms with Crippen molar-refractivity contribution in [1.29, 1.82) is 0 Å². The van der Waals surface area contributed by atoms with Crippen LogP contribution in [0.25, 0.3) is 0 Å². The number of rotatable bonds is 3. The van der Waals surface area contributed by atoms with E-state index in [9.17, 15) is 4.79 Å². The Balaban J connectivity index is 1.72. The van der Waals surface area contributed by atoms with E-state index >= 15 is 0 Å². The minimum Gasteiger partial charge on any atom is -0.330 e. The summed E-state index contributed by atoms with van der Waals surface area (Å²) < 4.78 is 0. The summed E-state index contributed by atoms with van der Waals surface area (Å²) in [6.07, 6.45) is 1.12. The second kappa shape index (κ2) is 6.36. The lowest BCUT2D eigenvalue weighted by Gasteiger charge is -2.32. The van der Waals surface area contributed by atoms with E-state index in [-0.39, 0.29) is 5.91 Å². The Labute approximate surface area is 132 Å². The topological polar surface area (TPSA) is 52.8 Å². The van der Waals surface area contributed by atoms with Gasteiger partial charge in [0.2, 0.25) is 5.91 Å². The lowest BCUT2D eigenvalue weighted by molar-refractivity contribution is -0.120. The van der Waals surface area contributed by atoms with E-state index in [1.807, 2.05) is 11.9 Å². The zero-order valence-electron chi connectivity index (χ0n) is 13.5. The number of hydrogen-bond acceptors (Lipinski definition) is 4. The maximum Gasteiger partial charge on any atom is 0.241 e. The van der Waals surface area contributed by atoms with Crippen LogP contribution in [0.2, 0.25) is 0 Å². The Morgan fingerprint density at radius 1 is 1.18 bits per heavy atom. The van der Waals surface area contributed by atoms with Gasteiger partial charge in [-0.1, -0.05) is 12.1 Å². The molecule has 22 heavy (non-hydrogen) atoms. The molecule has 1 aromatic carbocycles. The van der Waals surface area contributed by atoms with Gasteiger partial charge in [0.25, 0.3) is 0 Å². The minimum absolute atomic E-state index is 0.183. The van der Waals surface area contributed by atoms with Gasteiger partial charge >= 0.3 is 0 Å². The van der Waals surface area contributed by atoms with E-state index in [4.69, 9.17) is 5.73 Å². The average molecular weight is 302 g/mol. The number of piperazine rings is 1. The van der Waals surface area contributed by atoms with Crippen LogP contribution in [0.3, 0.4) is 0 Å². The Kier molecular flexibility index (Phi) is 4.47. The summed E-state index contributed by atoms with van der Waals surface area (Å²) in [5.41, 5.74) is 8.14. The number of amides is 1. The van der Waals surface area contributed by atoms with Gasteiger partial charge in [-0.05, 0) is 50.7 Å². The van der Waals surface area contributed by atoms with Gasteiger partial charge in [-0.15, -0.1) is 0 Å². The molecule has 3 rings (SSSR count). The fourth-order valence-corrected chi connectivity index (χ4v) is 3.61. The van der Waals surface area contributed by atoms with Gasteiger partial charge in [0, 0.05) is 31.4 Å². The van der Waals surface area contributed by atoms with Gasteiger partial charge in [0.1, 0.15) is 0 Å². The summed E-state index contributed by atoms with van der Waals surface area (Å²) in [5.74, 6) is 0.775. The first-order valence-electron chi connectivity index (χ1n) is 8.07. The molecule has 1 aromatic rings. The fourth-order valence-electron chi connectivity index (χ4n) is 3.61. The number of anilines is 1. The number of hydrogen-bond donors (Lipinski definition) is 1. The molecule has 2 unspecified atom stereocenters. The largest absolute Gasteiger partial charge is 0.330 e. The molecule has 2 aliphatic rings. The van der Waals surface area contributed by atoms with Crippen LogP contribution in [0.5, 0.6) is 0 Å². The van der Waals surface area contributed by atoms with E-state index in [1.165, 1.54) is 5.56 Å². The zero-order chi connectivity index (χ0) is 15.7. The standard InChI is InChI=1S/C17H26N4O/c1-19-7-8-21(17(22)12-19)15-5-3-14(4-6-15)16-9-13(10-18)11-20(16)2/h3-6,13,16H,7-12,18H2,1-2H3. The molecule has 0 bridgehead atoms. The Bertz CT molecular complexity index is 530. The van der Waals surface area contributed by atoms with Crippen molar-refractivity contribution in [3.63, 3.8) is 0 Å². The fraction of sp³-hybridized carbons (Fsp3) is 0.588. The Hall–Kier alpha value is -1.43. The van der Waals surface area contributed by atoms with Crippen molar-refractivity contribution in [2.75, 3.05) is 51.7 Å². The van der Waals surface area contributed by atoms with E-state index in [2.05, 4.69) is 41.1 Å². The van der Waals surface area contributed by atoms with E-state index in [0.29, 0.717) is 18.5 Å². The first kappa shape index (κ1) is 15.5. The van der Waals surface area contributed by atoms with Crippen LogP contribution in [-0.2, 0) is 4.79 Å². The van der Waals surface area contributed by atoms with E-state index < -0.39 is 0 Å². The van der Waals surface area contributed by atoms with Crippen molar-refractivity contribution in [2.24, 2.45) is 11.7 Å². The normalized spacial score (nSPS) is 27.6. The molecule has 2 fully saturated rings. The number of carbonyl (C=O) groups excluding carboxylic acids is 1. The molecular weight excluding hydrogens is 276 g/mol. The summed E-state index contributed by atoms with van der Waals surface area (Å²) >= 11 is 0. The maximum absolute atomic E-state index is 12.1. The van der Waals surface area contributed by atoms with Crippen LogP contribution in [0.4, 0.5) is 5.69 Å². The van der Waals surface area contributed by atoms with E-state index in [1.54, 1.807) is 0 Å². The molecule has 5 heteroatoms. The van der Waals surface area contributed by atoms with E-state index in [0.717, 1.165) is 38.3 Å². The Morgan fingerprint density at radius 3 is 2.50 bits per heavy atom. The quantitative estimate of drug-likeness (QED) is 0.902. The van der Waals surface area contributed by atoms with Crippen LogP contribution in [0, 0.1) is 5.92 Å². The first-order chi connectivity index (χ1) is 10.6. The van der Waals surface area contributed by atoms with Crippen LogP contribution in [0.15, 0.2) is 24.3 Å². The monoisotopic (exact) mass is 302 g/mol. The van der Waals surface area contributed by atoms with Crippen molar-refractivity contribution >= 4 is 11.6 Å². The number of nitrogens with zero attached hydrogens (tertiary/aromatic N) is 3. The molecule has 0 aromatic heterocycles. The highest BCUT2D eigenvalue weighted by Gasteiger charge is 2.30. The van der Waals surface area contributed by atoms with Gasteiger partial charge in [0.15, 0.2) is 0 Å². The first-order valence-corrected chi connectivity index (χ1v) is 8.07. The molecule has 5 nitrogen and oxygen atoms in total. The third kappa shape index (κ3) is 3.02. The third-order valence-corrected chi connectivity index (χ3v) is 4.97. The smallest absolute Gasteiger partial charge is 0.241 e. The number of carbonyl (C=O) groups is 1. The predicted octanol–water partition coefficient (Wildman–Crippen LogP) is 0.916. The molecule has 2 saturated heterocycles. The number of nitrogens with two attached hydrogens (primary N) is 1. The van der Waals surface area contributed by atoms with Gasteiger partial charge in [0.05, 0.1) is 6.54 Å². The summed E-state index contributed by atoms with van der Waals surface area (Å²) in [7, 11) is 4.15. The maximum atomic E-state index is 12.1. The minimum atomic E-state index is 0.183. The molecular formula is C17H26N4O. The molecule has 2 heterocycles. The van der Waals surface area contributed by atoms with Crippen molar-refractivity contribution < 1.29 is 4.79 Å². The van der Waals surface area contributed by atoms with Crippen molar-refractivity contribution in [2.45, 2.75) is 12.5 Å². The van der Waals surface area contributed by atoms with Gasteiger partial charge in [-0.25, -0.2) is 0 Å².